The molecule has 2 aliphatic heterocycles. The number of benzene rings is 1. The molecule has 3 aliphatic rings. The number of likely N-dealkylation sites (tertiary alicyclic amines) is 1. The molecule has 3 fully saturated rings. The molecule has 1 saturated carbocycles. The van der Waals surface area contributed by atoms with Gasteiger partial charge in [-0.05, 0) is 70.1 Å². The summed E-state index contributed by atoms with van der Waals surface area (Å²) in [5.41, 5.74) is 0.262. The Morgan fingerprint density at radius 3 is 2.61 bits per heavy atom. The van der Waals surface area contributed by atoms with Gasteiger partial charge in [0, 0.05) is 32.2 Å². The van der Waals surface area contributed by atoms with Crippen LogP contribution in [0, 0.1) is 11.2 Å². The van der Waals surface area contributed by atoms with E-state index < -0.39 is 17.3 Å². The topological polar surface area (TPSA) is 84.3 Å². The first-order valence-electron chi connectivity index (χ1n) is 11.4. The third-order valence-corrected chi connectivity index (χ3v) is 7.36. The van der Waals surface area contributed by atoms with Crippen molar-refractivity contribution in [3.63, 3.8) is 0 Å². The maximum atomic E-state index is 15.0. The molecule has 2 amide bonds. The number of aliphatic hydroxyl groups excluding tert-OH is 1. The molecule has 0 bridgehead atoms. The van der Waals surface area contributed by atoms with Gasteiger partial charge in [0.1, 0.15) is 5.82 Å². The molecule has 2 N–H and O–H groups in total. The Hall–Kier alpha value is -2.35. The monoisotopic (exact) mass is 433 g/mol. The molecule has 1 aromatic rings. The first-order chi connectivity index (χ1) is 14.8. The SMILES string of the molecule is CCN(C(=O)O)c1ccc(N2CCC[C@]3(CCN([C@H]4CC[C@H](O)CC4)C3=O)C2)c(F)c1. The average molecular weight is 434 g/mol. The number of carboxylic acid groups (broad SMARTS) is 1. The van der Waals surface area contributed by atoms with E-state index in [9.17, 15) is 24.2 Å². The summed E-state index contributed by atoms with van der Waals surface area (Å²) in [6, 6.07) is 4.74. The minimum absolute atomic E-state index is 0.179. The molecule has 0 unspecified atom stereocenters. The van der Waals surface area contributed by atoms with Crippen molar-refractivity contribution in [1.29, 1.82) is 0 Å². The first-order valence-corrected chi connectivity index (χ1v) is 11.4. The summed E-state index contributed by atoms with van der Waals surface area (Å²) in [5, 5.41) is 19.1. The van der Waals surface area contributed by atoms with Crippen molar-refractivity contribution >= 4 is 23.4 Å². The molecular formula is C23H32FN3O4. The lowest BCUT2D eigenvalue weighted by Gasteiger charge is -2.41. The molecule has 7 nitrogen and oxygen atoms in total. The largest absolute Gasteiger partial charge is 0.465 e. The number of nitrogens with zero attached hydrogens (tertiary/aromatic N) is 3. The van der Waals surface area contributed by atoms with Crippen molar-refractivity contribution in [2.24, 2.45) is 5.41 Å². The number of carbonyl (C=O) groups excluding carboxylic acids is 1. The van der Waals surface area contributed by atoms with Crippen molar-refractivity contribution in [3.05, 3.63) is 24.0 Å². The fourth-order valence-electron chi connectivity index (χ4n) is 5.63. The van der Waals surface area contributed by atoms with Crippen LogP contribution in [0.15, 0.2) is 18.2 Å². The molecule has 31 heavy (non-hydrogen) atoms. The van der Waals surface area contributed by atoms with Crippen LogP contribution in [0.25, 0.3) is 0 Å². The predicted octanol–water partition coefficient (Wildman–Crippen LogP) is 3.45. The van der Waals surface area contributed by atoms with Crippen LogP contribution in [0.4, 0.5) is 20.6 Å². The molecule has 4 rings (SSSR count). The van der Waals surface area contributed by atoms with E-state index in [1.165, 1.54) is 6.07 Å². The Labute approximate surface area is 182 Å². The van der Waals surface area contributed by atoms with E-state index >= 15 is 0 Å². The van der Waals surface area contributed by atoms with Crippen LogP contribution in [0.5, 0.6) is 0 Å². The van der Waals surface area contributed by atoms with Gasteiger partial charge in [0.15, 0.2) is 0 Å². The van der Waals surface area contributed by atoms with E-state index in [1.807, 2.05) is 9.80 Å². The number of piperidine rings is 1. The van der Waals surface area contributed by atoms with E-state index in [1.54, 1.807) is 19.1 Å². The fraction of sp³-hybridized carbons (Fsp3) is 0.652. The van der Waals surface area contributed by atoms with Crippen LogP contribution in [0.3, 0.4) is 0 Å². The van der Waals surface area contributed by atoms with Crippen molar-refractivity contribution in [2.45, 2.75) is 64.0 Å². The normalized spacial score (nSPS) is 28.9. The van der Waals surface area contributed by atoms with E-state index in [0.717, 1.165) is 56.4 Å². The Kier molecular flexibility index (Phi) is 6.10. The Bertz CT molecular complexity index is 842. The number of amides is 2. The second-order valence-corrected chi connectivity index (χ2v) is 9.18. The summed E-state index contributed by atoms with van der Waals surface area (Å²) in [7, 11) is 0. The van der Waals surface area contributed by atoms with Gasteiger partial charge in [0.05, 0.1) is 22.9 Å². The highest BCUT2D eigenvalue weighted by Gasteiger charge is 2.50. The molecule has 1 aliphatic carbocycles. The van der Waals surface area contributed by atoms with Gasteiger partial charge in [-0.1, -0.05) is 0 Å². The first kappa shape index (κ1) is 21.9. The highest BCUT2D eigenvalue weighted by Crippen LogP contribution is 2.44. The van der Waals surface area contributed by atoms with Gasteiger partial charge in [0.2, 0.25) is 5.91 Å². The van der Waals surface area contributed by atoms with Crippen molar-refractivity contribution in [3.8, 4) is 0 Å². The Balaban J connectivity index is 1.50. The lowest BCUT2D eigenvalue weighted by atomic mass is 9.78. The number of aliphatic hydroxyl groups is 1. The van der Waals surface area contributed by atoms with Crippen molar-refractivity contribution in [2.75, 3.05) is 36.0 Å². The van der Waals surface area contributed by atoms with Gasteiger partial charge < -0.3 is 20.0 Å². The van der Waals surface area contributed by atoms with E-state index in [-0.39, 0.29) is 24.6 Å². The zero-order valence-electron chi connectivity index (χ0n) is 18.1. The van der Waals surface area contributed by atoms with Gasteiger partial charge in [0.25, 0.3) is 0 Å². The molecule has 1 spiro atoms. The number of anilines is 2. The van der Waals surface area contributed by atoms with E-state index in [0.29, 0.717) is 24.5 Å². The van der Waals surface area contributed by atoms with Crippen LogP contribution >= 0.6 is 0 Å². The number of hydrogen-bond acceptors (Lipinski definition) is 4. The average Bonchev–Trinajstić information content (AvgIpc) is 3.04. The molecule has 0 radical (unpaired) electrons. The number of carbonyl (C=O) groups is 2. The smallest absolute Gasteiger partial charge is 0.411 e. The summed E-state index contributed by atoms with van der Waals surface area (Å²) < 4.78 is 15.0. The predicted molar refractivity (Wildman–Crippen MR) is 116 cm³/mol. The van der Waals surface area contributed by atoms with Crippen molar-refractivity contribution < 1.29 is 24.2 Å². The molecule has 2 heterocycles. The maximum absolute atomic E-state index is 15.0. The third kappa shape index (κ3) is 4.10. The van der Waals surface area contributed by atoms with Gasteiger partial charge in [-0.3, -0.25) is 9.69 Å². The Morgan fingerprint density at radius 1 is 1.23 bits per heavy atom. The second kappa shape index (κ2) is 8.65. The number of halogens is 1. The molecule has 1 aromatic carbocycles. The van der Waals surface area contributed by atoms with Crippen molar-refractivity contribution in [1.82, 2.24) is 4.90 Å². The lowest BCUT2D eigenvalue weighted by Crippen LogP contribution is -2.50. The maximum Gasteiger partial charge on any atom is 0.411 e. The highest BCUT2D eigenvalue weighted by molar-refractivity contribution is 5.87. The van der Waals surface area contributed by atoms with E-state index in [2.05, 4.69) is 0 Å². The molecule has 1 atom stereocenters. The summed E-state index contributed by atoms with van der Waals surface area (Å²) in [4.78, 5) is 29.9. The number of rotatable bonds is 4. The van der Waals surface area contributed by atoms with Crippen LogP contribution in [0.2, 0.25) is 0 Å². The van der Waals surface area contributed by atoms with Crippen LogP contribution < -0.4 is 9.80 Å². The zero-order valence-corrected chi connectivity index (χ0v) is 18.1. The number of hydrogen-bond donors (Lipinski definition) is 2. The molecular weight excluding hydrogens is 401 g/mol. The second-order valence-electron chi connectivity index (χ2n) is 9.18. The van der Waals surface area contributed by atoms with E-state index in [4.69, 9.17) is 0 Å². The van der Waals surface area contributed by atoms with Gasteiger partial charge in [-0.25, -0.2) is 9.18 Å². The van der Waals surface area contributed by atoms with Crippen LogP contribution in [-0.4, -0.2) is 65.4 Å². The standard InChI is InChI=1S/C23H32FN3O4/c1-2-26(22(30)31)17-6-9-20(19(24)14-17)25-12-3-10-23(15-25)11-13-27(21(23)29)16-4-7-18(28)8-5-16/h6,9,14,16,18,28H,2-5,7-8,10-13,15H2,1H3,(H,30,31)/t16-,18-,23-/m0/s1. The lowest BCUT2D eigenvalue weighted by molar-refractivity contribution is -0.139. The highest BCUT2D eigenvalue weighted by atomic mass is 19.1. The Morgan fingerprint density at radius 2 is 1.97 bits per heavy atom. The molecule has 8 heteroatoms. The van der Waals surface area contributed by atoms with Crippen LogP contribution in [-0.2, 0) is 4.79 Å². The zero-order chi connectivity index (χ0) is 22.2. The van der Waals surface area contributed by atoms with Gasteiger partial charge in [-0.2, -0.15) is 0 Å². The van der Waals surface area contributed by atoms with Gasteiger partial charge in [-0.15, -0.1) is 0 Å². The summed E-state index contributed by atoms with van der Waals surface area (Å²) >= 11 is 0. The van der Waals surface area contributed by atoms with Crippen LogP contribution in [0.1, 0.15) is 51.9 Å². The minimum Gasteiger partial charge on any atom is -0.465 e. The minimum atomic E-state index is -1.11. The summed E-state index contributed by atoms with van der Waals surface area (Å²) in [6.07, 6.45) is 4.25. The fourth-order valence-corrected chi connectivity index (χ4v) is 5.63. The molecule has 170 valence electrons. The quantitative estimate of drug-likeness (QED) is 0.760. The molecule has 0 aromatic heterocycles. The third-order valence-electron chi connectivity index (χ3n) is 7.36. The van der Waals surface area contributed by atoms with Gasteiger partial charge >= 0.3 is 6.09 Å². The molecule has 2 saturated heterocycles. The summed E-state index contributed by atoms with van der Waals surface area (Å²) in [5.74, 6) is -0.281. The summed E-state index contributed by atoms with van der Waals surface area (Å²) in [6.45, 7) is 3.85.